The molecule has 5 aromatic rings. The number of aromatic amines is 1. The lowest BCUT2D eigenvalue weighted by Crippen LogP contribution is -2.05. The third-order valence-corrected chi connectivity index (χ3v) is 5.04. The van der Waals surface area contributed by atoms with Gasteiger partial charge in [0.05, 0.1) is 19.3 Å². The van der Waals surface area contributed by atoms with Crippen LogP contribution in [0.4, 0.5) is 17.6 Å². The molecule has 3 N–H and O–H groups in total. The van der Waals surface area contributed by atoms with Crippen molar-refractivity contribution in [2.75, 3.05) is 31.4 Å². The Morgan fingerprint density at radius 2 is 1.97 bits per heavy atom. The van der Waals surface area contributed by atoms with Crippen LogP contribution < -0.4 is 10.6 Å². The van der Waals surface area contributed by atoms with E-state index in [0.29, 0.717) is 48.1 Å². The third kappa shape index (κ3) is 4.11. The first kappa shape index (κ1) is 20.6. The minimum Gasteiger partial charge on any atom is -0.383 e. The van der Waals surface area contributed by atoms with Gasteiger partial charge in [0.25, 0.3) is 0 Å². The van der Waals surface area contributed by atoms with Gasteiger partial charge in [0.15, 0.2) is 17.5 Å². The highest BCUT2D eigenvalue weighted by Gasteiger charge is 2.20. The number of pyridine rings is 1. The van der Waals surface area contributed by atoms with Crippen molar-refractivity contribution in [3.8, 4) is 22.6 Å². The second-order valence-electron chi connectivity index (χ2n) is 7.30. The summed E-state index contributed by atoms with van der Waals surface area (Å²) in [7, 11) is 3.45. The van der Waals surface area contributed by atoms with Crippen molar-refractivity contribution in [1.29, 1.82) is 0 Å². The Hall–Kier alpha value is -4.32. The average Bonchev–Trinajstić information content (AvgIpc) is 3.57. The van der Waals surface area contributed by atoms with Crippen LogP contribution >= 0.6 is 0 Å². The highest BCUT2D eigenvalue weighted by molar-refractivity contribution is 5.77. The van der Waals surface area contributed by atoms with Gasteiger partial charge >= 0.3 is 0 Å². The predicted octanol–water partition coefficient (Wildman–Crippen LogP) is 2.51. The van der Waals surface area contributed by atoms with E-state index in [1.165, 1.54) is 0 Å². The Morgan fingerprint density at radius 3 is 2.76 bits per heavy atom. The molecular formula is C21H23N11O. The quantitative estimate of drug-likeness (QED) is 0.329. The first-order valence-electron chi connectivity index (χ1n) is 10.4. The fraction of sp³-hybridized carbons (Fsp3) is 0.238. The van der Waals surface area contributed by atoms with Gasteiger partial charge in [0.2, 0.25) is 5.95 Å². The SMILES string of the molecule is CNc1nc(C)nc(-c2c(Nc3cc[nH]n3)nc3ccc(-c4cnn(CCOC)c4)cn23)n1. The van der Waals surface area contributed by atoms with Crippen LogP contribution in [-0.4, -0.2) is 65.1 Å². The number of ether oxygens (including phenoxy) is 1. The fourth-order valence-electron chi connectivity index (χ4n) is 3.49. The summed E-state index contributed by atoms with van der Waals surface area (Å²) in [4.78, 5) is 18.3. The smallest absolute Gasteiger partial charge is 0.226 e. The second-order valence-corrected chi connectivity index (χ2v) is 7.30. The van der Waals surface area contributed by atoms with E-state index in [4.69, 9.17) is 9.72 Å². The van der Waals surface area contributed by atoms with Crippen molar-refractivity contribution in [2.24, 2.45) is 0 Å². The lowest BCUT2D eigenvalue weighted by molar-refractivity contribution is 0.183. The number of imidazole rings is 1. The van der Waals surface area contributed by atoms with Crippen LogP contribution in [0.15, 0.2) is 43.0 Å². The van der Waals surface area contributed by atoms with E-state index in [9.17, 15) is 0 Å². The molecule has 12 nitrogen and oxygen atoms in total. The molecule has 0 amide bonds. The Balaban J connectivity index is 1.65. The normalized spacial score (nSPS) is 11.2. The molecule has 0 bridgehead atoms. The molecule has 5 aromatic heterocycles. The molecule has 0 radical (unpaired) electrons. The number of aromatic nitrogens is 9. The number of rotatable bonds is 8. The largest absolute Gasteiger partial charge is 0.383 e. The van der Waals surface area contributed by atoms with Crippen LogP contribution in [0.1, 0.15) is 5.82 Å². The van der Waals surface area contributed by atoms with Gasteiger partial charge in [0, 0.05) is 49.9 Å². The number of H-pyrrole nitrogens is 1. The van der Waals surface area contributed by atoms with Crippen molar-refractivity contribution in [3.63, 3.8) is 0 Å². The van der Waals surface area contributed by atoms with Gasteiger partial charge in [-0.2, -0.15) is 20.2 Å². The Morgan fingerprint density at radius 1 is 1.06 bits per heavy atom. The molecule has 5 heterocycles. The maximum Gasteiger partial charge on any atom is 0.226 e. The van der Waals surface area contributed by atoms with Crippen molar-refractivity contribution < 1.29 is 4.74 Å². The Kier molecular flexibility index (Phi) is 5.40. The van der Waals surface area contributed by atoms with Crippen molar-refractivity contribution in [1.82, 2.24) is 44.3 Å². The van der Waals surface area contributed by atoms with Gasteiger partial charge < -0.3 is 15.4 Å². The molecule has 0 unspecified atom stereocenters. The molecular weight excluding hydrogens is 422 g/mol. The zero-order chi connectivity index (χ0) is 22.8. The maximum atomic E-state index is 5.15. The van der Waals surface area contributed by atoms with E-state index in [1.54, 1.807) is 20.4 Å². The molecule has 0 aliphatic heterocycles. The molecule has 0 fully saturated rings. The van der Waals surface area contributed by atoms with Gasteiger partial charge in [-0.05, 0) is 19.1 Å². The number of hydrogen-bond acceptors (Lipinski definition) is 9. The molecule has 0 aliphatic rings. The van der Waals surface area contributed by atoms with E-state index in [1.807, 2.05) is 52.8 Å². The molecule has 0 atom stereocenters. The molecule has 0 aliphatic carbocycles. The standard InChI is InChI=1S/C21H23N11O/c1-13-25-19(29-21(22-2)26-13)18-20(27-16-6-7-23-30-16)28-17-5-4-14(12-32(17)18)15-10-24-31(11-15)8-9-33-3/h4-7,10-12H,8-9H2,1-3H3,(H2,23,27,30)(H,22,25,26,29). The summed E-state index contributed by atoms with van der Waals surface area (Å²) in [5.41, 5.74) is 3.40. The average molecular weight is 445 g/mol. The van der Waals surface area contributed by atoms with Gasteiger partial charge in [-0.1, -0.05) is 0 Å². The van der Waals surface area contributed by atoms with Gasteiger partial charge in [0.1, 0.15) is 17.2 Å². The van der Waals surface area contributed by atoms with E-state index in [-0.39, 0.29) is 0 Å². The number of hydrogen-bond donors (Lipinski definition) is 3. The highest BCUT2D eigenvalue weighted by atomic mass is 16.5. The molecule has 0 aromatic carbocycles. The summed E-state index contributed by atoms with van der Waals surface area (Å²) in [6.45, 7) is 3.11. The number of methoxy groups -OCH3 is 1. The molecule has 33 heavy (non-hydrogen) atoms. The topological polar surface area (TPSA) is 136 Å². The van der Waals surface area contributed by atoms with Crippen LogP contribution in [-0.2, 0) is 11.3 Å². The molecule has 0 spiro atoms. The first-order valence-corrected chi connectivity index (χ1v) is 10.4. The van der Waals surface area contributed by atoms with Crippen LogP contribution in [0.3, 0.4) is 0 Å². The summed E-state index contributed by atoms with van der Waals surface area (Å²) < 4.78 is 8.97. The summed E-state index contributed by atoms with van der Waals surface area (Å²) in [6, 6.07) is 5.79. The Bertz CT molecular complexity index is 1390. The minimum atomic E-state index is 0.480. The van der Waals surface area contributed by atoms with Crippen molar-refractivity contribution in [2.45, 2.75) is 13.5 Å². The Labute approximate surface area is 189 Å². The van der Waals surface area contributed by atoms with Gasteiger partial charge in [-0.25, -0.2) is 9.97 Å². The van der Waals surface area contributed by atoms with E-state index in [2.05, 4.69) is 40.9 Å². The van der Waals surface area contributed by atoms with Crippen molar-refractivity contribution in [3.05, 3.63) is 48.8 Å². The zero-order valence-electron chi connectivity index (χ0n) is 18.4. The van der Waals surface area contributed by atoms with E-state index < -0.39 is 0 Å². The third-order valence-electron chi connectivity index (χ3n) is 5.04. The fourth-order valence-corrected chi connectivity index (χ4v) is 3.49. The first-order chi connectivity index (χ1) is 16.1. The lowest BCUT2D eigenvalue weighted by Gasteiger charge is -2.08. The summed E-state index contributed by atoms with van der Waals surface area (Å²) in [5.74, 6) is 2.79. The number of nitrogens with one attached hydrogen (secondary N) is 3. The number of aryl methyl sites for hydroxylation is 1. The van der Waals surface area contributed by atoms with Gasteiger partial charge in [-0.3, -0.25) is 14.2 Å². The molecule has 0 saturated carbocycles. The van der Waals surface area contributed by atoms with Crippen molar-refractivity contribution >= 4 is 23.2 Å². The molecule has 5 rings (SSSR count). The van der Waals surface area contributed by atoms with E-state index >= 15 is 0 Å². The summed E-state index contributed by atoms with van der Waals surface area (Å²) in [5, 5.41) is 17.7. The lowest BCUT2D eigenvalue weighted by atomic mass is 10.2. The minimum absolute atomic E-state index is 0.480. The molecule has 0 saturated heterocycles. The van der Waals surface area contributed by atoms with Gasteiger partial charge in [-0.15, -0.1) is 0 Å². The maximum absolute atomic E-state index is 5.15. The summed E-state index contributed by atoms with van der Waals surface area (Å²) in [6.07, 6.45) is 7.57. The van der Waals surface area contributed by atoms with Crippen LogP contribution in [0.25, 0.3) is 28.3 Å². The van der Waals surface area contributed by atoms with Crippen LogP contribution in [0.2, 0.25) is 0 Å². The van der Waals surface area contributed by atoms with Crippen LogP contribution in [0.5, 0.6) is 0 Å². The second kappa shape index (κ2) is 8.67. The zero-order valence-corrected chi connectivity index (χ0v) is 18.4. The number of anilines is 3. The molecule has 168 valence electrons. The number of nitrogens with zero attached hydrogens (tertiary/aromatic N) is 8. The monoisotopic (exact) mass is 445 g/mol. The van der Waals surface area contributed by atoms with Crippen LogP contribution in [0, 0.1) is 6.92 Å². The summed E-state index contributed by atoms with van der Waals surface area (Å²) >= 11 is 0. The highest BCUT2D eigenvalue weighted by Crippen LogP contribution is 2.31. The van der Waals surface area contributed by atoms with E-state index in [0.717, 1.165) is 16.8 Å². The molecule has 12 heteroatoms. The predicted molar refractivity (Wildman–Crippen MR) is 123 cm³/mol. The number of fused-ring (bicyclic) bond motifs is 1.